The Morgan fingerprint density at radius 3 is 2.94 bits per heavy atom. The summed E-state index contributed by atoms with van der Waals surface area (Å²) in [6.07, 6.45) is 3.27. The molecule has 1 aliphatic heterocycles. The van der Waals surface area contributed by atoms with Crippen LogP contribution >= 0.6 is 0 Å². The minimum atomic E-state index is 0.643. The van der Waals surface area contributed by atoms with Crippen LogP contribution in [-0.2, 0) is 12.8 Å². The highest BCUT2D eigenvalue weighted by atomic mass is 16.4. The summed E-state index contributed by atoms with van der Waals surface area (Å²) >= 11 is 0. The summed E-state index contributed by atoms with van der Waals surface area (Å²) in [4.78, 5) is 4.62. The van der Waals surface area contributed by atoms with Crippen LogP contribution in [0, 0.1) is 18.8 Å². The normalized spacial score (nSPS) is 20.9. The number of nitrogens with one attached hydrogen (secondary N) is 1. The molecule has 0 aliphatic carbocycles. The summed E-state index contributed by atoms with van der Waals surface area (Å²) < 4.78 is 5.74. The lowest BCUT2D eigenvalue weighted by Gasteiger charge is -2.03. The van der Waals surface area contributed by atoms with Crippen LogP contribution in [0.2, 0.25) is 0 Å². The Bertz CT molecular complexity index is 338. The van der Waals surface area contributed by atoms with Gasteiger partial charge in [-0.25, -0.2) is 4.98 Å². The zero-order chi connectivity index (χ0) is 11.5. The van der Waals surface area contributed by atoms with Gasteiger partial charge in [-0.1, -0.05) is 13.8 Å². The van der Waals surface area contributed by atoms with Gasteiger partial charge in [0.15, 0.2) is 5.89 Å². The minimum absolute atomic E-state index is 0.643. The van der Waals surface area contributed by atoms with Crippen LogP contribution in [0.4, 0.5) is 0 Å². The van der Waals surface area contributed by atoms with E-state index in [0.717, 1.165) is 43.3 Å². The van der Waals surface area contributed by atoms with Gasteiger partial charge in [0.2, 0.25) is 0 Å². The van der Waals surface area contributed by atoms with E-state index < -0.39 is 0 Å². The highest BCUT2D eigenvalue weighted by Gasteiger charge is 2.19. The third-order valence-electron chi connectivity index (χ3n) is 3.16. The predicted octanol–water partition coefficient (Wildman–Crippen LogP) is 2.33. The molecule has 0 spiro atoms. The first-order valence-electron chi connectivity index (χ1n) is 6.31. The molecule has 16 heavy (non-hydrogen) atoms. The van der Waals surface area contributed by atoms with Gasteiger partial charge >= 0.3 is 0 Å². The Morgan fingerprint density at radius 1 is 1.50 bits per heavy atom. The molecule has 2 rings (SSSR count). The van der Waals surface area contributed by atoms with Crippen LogP contribution in [0.25, 0.3) is 0 Å². The molecule has 1 saturated heterocycles. The van der Waals surface area contributed by atoms with Gasteiger partial charge in [0.1, 0.15) is 5.76 Å². The van der Waals surface area contributed by atoms with Gasteiger partial charge in [-0.3, -0.25) is 0 Å². The summed E-state index contributed by atoms with van der Waals surface area (Å²) in [6.45, 7) is 8.72. The molecule has 0 amide bonds. The van der Waals surface area contributed by atoms with E-state index >= 15 is 0 Å². The SMILES string of the molecule is Cc1oc(CC2CCNC2)nc1CC(C)C. The Hall–Kier alpha value is -0.830. The van der Waals surface area contributed by atoms with E-state index in [1.54, 1.807) is 0 Å². The van der Waals surface area contributed by atoms with Crippen molar-refractivity contribution in [2.45, 2.75) is 40.0 Å². The molecule has 0 saturated carbocycles. The van der Waals surface area contributed by atoms with Gasteiger partial charge in [-0.2, -0.15) is 0 Å². The predicted molar refractivity (Wildman–Crippen MR) is 64.5 cm³/mol. The van der Waals surface area contributed by atoms with Crippen LogP contribution in [0.5, 0.6) is 0 Å². The van der Waals surface area contributed by atoms with Crippen LogP contribution < -0.4 is 5.32 Å². The zero-order valence-corrected chi connectivity index (χ0v) is 10.5. The number of hydrogen-bond donors (Lipinski definition) is 1. The second-order valence-corrected chi connectivity index (χ2v) is 5.27. The Labute approximate surface area is 97.6 Å². The van der Waals surface area contributed by atoms with Gasteiger partial charge in [0.25, 0.3) is 0 Å². The Kier molecular flexibility index (Phi) is 3.64. The van der Waals surface area contributed by atoms with Crippen molar-refractivity contribution in [2.75, 3.05) is 13.1 Å². The van der Waals surface area contributed by atoms with Gasteiger partial charge in [0.05, 0.1) is 5.69 Å². The average molecular weight is 222 g/mol. The fourth-order valence-corrected chi connectivity index (χ4v) is 2.29. The summed E-state index contributed by atoms with van der Waals surface area (Å²) in [5, 5.41) is 3.38. The molecule has 1 N–H and O–H groups in total. The molecular weight excluding hydrogens is 200 g/mol. The maximum Gasteiger partial charge on any atom is 0.194 e. The molecule has 1 aromatic rings. The fraction of sp³-hybridized carbons (Fsp3) is 0.769. The van der Waals surface area contributed by atoms with Gasteiger partial charge in [-0.15, -0.1) is 0 Å². The second-order valence-electron chi connectivity index (χ2n) is 5.27. The van der Waals surface area contributed by atoms with Crippen molar-refractivity contribution in [1.29, 1.82) is 0 Å². The number of aryl methyl sites for hydroxylation is 1. The monoisotopic (exact) mass is 222 g/mol. The average Bonchev–Trinajstić information content (AvgIpc) is 2.78. The molecular formula is C13H22N2O. The molecule has 1 aliphatic rings. The van der Waals surface area contributed by atoms with Crippen LogP contribution in [-0.4, -0.2) is 18.1 Å². The fourth-order valence-electron chi connectivity index (χ4n) is 2.29. The topological polar surface area (TPSA) is 38.1 Å². The van der Waals surface area contributed by atoms with E-state index in [1.807, 2.05) is 6.92 Å². The number of rotatable bonds is 4. The van der Waals surface area contributed by atoms with Gasteiger partial charge in [-0.05, 0) is 44.7 Å². The van der Waals surface area contributed by atoms with Gasteiger partial charge in [0, 0.05) is 6.42 Å². The smallest absolute Gasteiger partial charge is 0.194 e. The quantitative estimate of drug-likeness (QED) is 0.849. The van der Waals surface area contributed by atoms with Crippen molar-refractivity contribution in [3.63, 3.8) is 0 Å². The Morgan fingerprint density at radius 2 is 2.31 bits per heavy atom. The van der Waals surface area contributed by atoms with Crippen molar-refractivity contribution >= 4 is 0 Å². The van der Waals surface area contributed by atoms with E-state index in [4.69, 9.17) is 4.42 Å². The summed E-state index contributed by atoms with van der Waals surface area (Å²) in [5.74, 6) is 3.30. The third kappa shape index (κ3) is 2.85. The molecule has 90 valence electrons. The minimum Gasteiger partial charge on any atom is -0.446 e. The first kappa shape index (κ1) is 11.6. The van der Waals surface area contributed by atoms with Crippen LogP contribution in [0.3, 0.4) is 0 Å². The molecule has 1 atom stereocenters. The summed E-state index contributed by atoms with van der Waals surface area (Å²) in [6, 6.07) is 0. The highest BCUT2D eigenvalue weighted by Crippen LogP contribution is 2.19. The summed E-state index contributed by atoms with van der Waals surface area (Å²) in [7, 11) is 0. The standard InChI is InChI=1S/C13H22N2O/c1-9(2)6-12-10(3)16-13(15-12)7-11-4-5-14-8-11/h9,11,14H,4-8H2,1-3H3. The number of hydrogen-bond acceptors (Lipinski definition) is 3. The van der Waals surface area contributed by atoms with Crippen LogP contribution in [0.1, 0.15) is 37.6 Å². The molecule has 3 heteroatoms. The molecule has 0 aromatic carbocycles. The lowest BCUT2D eigenvalue weighted by Crippen LogP contribution is -2.10. The van der Waals surface area contributed by atoms with Crippen LogP contribution in [0.15, 0.2) is 4.42 Å². The lowest BCUT2D eigenvalue weighted by molar-refractivity contribution is 0.427. The number of nitrogens with zero attached hydrogens (tertiary/aromatic N) is 1. The second kappa shape index (κ2) is 5.00. The van der Waals surface area contributed by atoms with Crippen molar-refractivity contribution < 1.29 is 4.42 Å². The third-order valence-corrected chi connectivity index (χ3v) is 3.16. The van der Waals surface area contributed by atoms with E-state index in [9.17, 15) is 0 Å². The van der Waals surface area contributed by atoms with Crippen molar-refractivity contribution in [3.05, 3.63) is 17.3 Å². The largest absolute Gasteiger partial charge is 0.446 e. The van der Waals surface area contributed by atoms with Crippen molar-refractivity contribution in [1.82, 2.24) is 10.3 Å². The molecule has 0 bridgehead atoms. The molecule has 0 radical (unpaired) electrons. The maximum absolute atomic E-state index is 5.74. The van der Waals surface area contributed by atoms with Crippen molar-refractivity contribution in [2.24, 2.45) is 11.8 Å². The first-order chi connectivity index (χ1) is 7.65. The highest BCUT2D eigenvalue weighted by molar-refractivity contribution is 5.09. The Balaban J connectivity index is 1.99. The number of aromatic nitrogens is 1. The molecule has 1 aromatic heterocycles. The summed E-state index contributed by atoms with van der Waals surface area (Å²) in [5.41, 5.74) is 1.15. The van der Waals surface area contributed by atoms with E-state index in [0.29, 0.717) is 11.8 Å². The van der Waals surface area contributed by atoms with E-state index in [-0.39, 0.29) is 0 Å². The molecule has 1 fully saturated rings. The van der Waals surface area contributed by atoms with Gasteiger partial charge < -0.3 is 9.73 Å². The molecule has 3 nitrogen and oxygen atoms in total. The van der Waals surface area contributed by atoms with Crippen molar-refractivity contribution in [3.8, 4) is 0 Å². The van der Waals surface area contributed by atoms with E-state index in [1.165, 1.54) is 6.42 Å². The molecule has 2 heterocycles. The van der Waals surface area contributed by atoms with E-state index in [2.05, 4.69) is 24.1 Å². The number of oxazole rings is 1. The zero-order valence-electron chi connectivity index (χ0n) is 10.5. The molecule has 1 unspecified atom stereocenters. The lowest BCUT2D eigenvalue weighted by atomic mass is 10.1. The maximum atomic E-state index is 5.74. The first-order valence-corrected chi connectivity index (χ1v) is 6.31.